The molecule has 0 saturated heterocycles. The van der Waals surface area contributed by atoms with Gasteiger partial charge in [0.2, 0.25) is 0 Å². The highest BCUT2D eigenvalue weighted by molar-refractivity contribution is 6.11. The lowest BCUT2D eigenvalue weighted by molar-refractivity contribution is 0.616. The van der Waals surface area contributed by atoms with Gasteiger partial charge in [-0.05, 0) is 123 Å². The Morgan fingerprint density at radius 3 is 2.20 bits per heavy atom. The summed E-state index contributed by atoms with van der Waals surface area (Å²) in [5.41, 5.74) is 18.9. The summed E-state index contributed by atoms with van der Waals surface area (Å²) in [4.78, 5) is 0. The molecule has 1 nitrogen and oxygen atoms in total. The maximum Gasteiger partial charge on any atom is 0.0544 e. The minimum Gasteiger partial charge on any atom is -0.309 e. The molecule has 1 heteroatoms. The fourth-order valence-electron chi connectivity index (χ4n) is 9.17. The molecule has 0 fully saturated rings. The summed E-state index contributed by atoms with van der Waals surface area (Å²) < 4.78 is 2.48. The van der Waals surface area contributed by atoms with Crippen LogP contribution in [0.4, 0.5) is 0 Å². The molecule has 8 aromatic rings. The molecule has 0 saturated carbocycles. The Balaban J connectivity index is 1.06. The lowest BCUT2D eigenvalue weighted by Gasteiger charge is -2.28. The van der Waals surface area contributed by atoms with Crippen LogP contribution in [-0.2, 0) is 18.3 Å². The van der Waals surface area contributed by atoms with E-state index >= 15 is 0 Å². The minimum atomic E-state index is -0.0524. The number of nitrogens with zero attached hydrogens (tertiary/aromatic N) is 1. The fraction of sp³-hybridized carbons (Fsp3) is 0.143. The molecule has 1 atom stereocenters. The van der Waals surface area contributed by atoms with Gasteiger partial charge in [-0.2, -0.15) is 0 Å². The first kappa shape index (κ1) is 29.3. The lowest BCUT2D eigenvalue weighted by atomic mass is 9.76. The third-order valence-electron chi connectivity index (χ3n) is 11.7. The van der Waals surface area contributed by atoms with E-state index in [2.05, 4.69) is 176 Å². The van der Waals surface area contributed by atoms with Crippen LogP contribution < -0.4 is 0 Å². The van der Waals surface area contributed by atoms with Gasteiger partial charge in [0.05, 0.1) is 11.0 Å². The van der Waals surface area contributed by atoms with Crippen LogP contribution in [0.3, 0.4) is 0 Å². The van der Waals surface area contributed by atoms with Crippen LogP contribution in [0.2, 0.25) is 0 Å². The molecule has 1 heterocycles. The highest BCUT2D eigenvalue weighted by Crippen LogP contribution is 2.51. The first-order chi connectivity index (χ1) is 24.5. The molecule has 1 aromatic heterocycles. The second kappa shape index (κ2) is 11.2. The van der Waals surface area contributed by atoms with E-state index in [1.165, 1.54) is 88.7 Å². The Hall–Kier alpha value is -5.66. The van der Waals surface area contributed by atoms with Crippen LogP contribution in [0, 0.1) is 0 Å². The van der Waals surface area contributed by atoms with E-state index in [1.807, 2.05) is 0 Å². The minimum absolute atomic E-state index is 0.0524. The standard InChI is InChI=1S/C49H39N/c1-49(2)45-21-10-8-19-40(45)43-30-44-41-20-9-11-22-47(41)50(48(44)31-46(43)49)37-16-12-15-33(28-37)34-25-26-36-27-35(24-23-32-13-4-3-5-14-32)38-17-6-7-18-39(38)42(36)29-34/h3-22,25-26,28-31,35H,23-24,27H2,1-2H3. The second-order valence-electron chi connectivity index (χ2n) is 14.9. The van der Waals surface area contributed by atoms with Crippen LogP contribution in [0.1, 0.15) is 54.0 Å². The highest BCUT2D eigenvalue weighted by atomic mass is 15.0. The predicted octanol–water partition coefficient (Wildman–Crippen LogP) is 12.7. The maximum atomic E-state index is 2.48. The van der Waals surface area contributed by atoms with Crippen molar-refractivity contribution in [2.24, 2.45) is 0 Å². The van der Waals surface area contributed by atoms with Crippen LogP contribution in [0.15, 0.2) is 158 Å². The first-order valence-corrected chi connectivity index (χ1v) is 18.1. The van der Waals surface area contributed by atoms with Crippen molar-refractivity contribution in [3.63, 3.8) is 0 Å². The number of aryl methyl sites for hydroxylation is 1. The van der Waals surface area contributed by atoms with Gasteiger partial charge in [-0.25, -0.2) is 0 Å². The van der Waals surface area contributed by atoms with Crippen molar-refractivity contribution in [1.29, 1.82) is 0 Å². The molecule has 2 aliphatic rings. The molecule has 0 aliphatic heterocycles. The highest BCUT2D eigenvalue weighted by Gasteiger charge is 2.36. The Morgan fingerprint density at radius 1 is 0.540 bits per heavy atom. The third kappa shape index (κ3) is 4.46. The van der Waals surface area contributed by atoms with E-state index in [-0.39, 0.29) is 5.41 Å². The first-order valence-electron chi connectivity index (χ1n) is 18.1. The van der Waals surface area contributed by atoms with Gasteiger partial charge in [0.15, 0.2) is 0 Å². The van der Waals surface area contributed by atoms with Gasteiger partial charge in [-0.3, -0.25) is 0 Å². The summed E-state index contributed by atoms with van der Waals surface area (Å²) in [7, 11) is 0. The number of aromatic nitrogens is 1. The molecule has 0 radical (unpaired) electrons. The zero-order valence-corrected chi connectivity index (χ0v) is 28.7. The van der Waals surface area contributed by atoms with Crippen molar-refractivity contribution in [3.05, 3.63) is 186 Å². The molecule has 240 valence electrons. The van der Waals surface area contributed by atoms with E-state index in [1.54, 1.807) is 0 Å². The molecule has 2 aliphatic carbocycles. The maximum absolute atomic E-state index is 2.48. The Labute approximate surface area is 294 Å². The number of fused-ring (bicyclic) bond motifs is 9. The summed E-state index contributed by atoms with van der Waals surface area (Å²) in [5, 5.41) is 2.61. The average Bonchev–Trinajstić information content (AvgIpc) is 3.61. The van der Waals surface area contributed by atoms with Crippen molar-refractivity contribution in [2.75, 3.05) is 0 Å². The van der Waals surface area contributed by atoms with Crippen molar-refractivity contribution in [2.45, 2.75) is 44.4 Å². The number of benzene rings is 7. The normalized spacial score (nSPS) is 15.4. The summed E-state index contributed by atoms with van der Waals surface area (Å²) in [6, 6.07) is 59.2. The van der Waals surface area contributed by atoms with Crippen LogP contribution in [-0.4, -0.2) is 4.57 Å². The van der Waals surface area contributed by atoms with E-state index in [0.717, 1.165) is 19.3 Å². The topological polar surface area (TPSA) is 4.93 Å². The number of hydrogen-bond donors (Lipinski definition) is 0. The molecule has 7 aromatic carbocycles. The van der Waals surface area contributed by atoms with Crippen molar-refractivity contribution < 1.29 is 0 Å². The average molecular weight is 642 g/mol. The molecular weight excluding hydrogens is 603 g/mol. The number of rotatable bonds is 5. The lowest BCUT2D eigenvalue weighted by Crippen LogP contribution is -2.14. The third-order valence-corrected chi connectivity index (χ3v) is 11.7. The van der Waals surface area contributed by atoms with E-state index in [0.29, 0.717) is 5.92 Å². The van der Waals surface area contributed by atoms with Crippen molar-refractivity contribution in [1.82, 2.24) is 4.57 Å². The van der Waals surface area contributed by atoms with Gasteiger partial charge >= 0.3 is 0 Å². The van der Waals surface area contributed by atoms with Gasteiger partial charge in [0, 0.05) is 21.9 Å². The zero-order valence-electron chi connectivity index (χ0n) is 28.7. The number of para-hydroxylation sites is 1. The second-order valence-corrected chi connectivity index (χ2v) is 14.9. The van der Waals surface area contributed by atoms with Crippen LogP contribution in [0.25, 0.3) is 60.9 Å². The monoisotopic (exact) mass is 641 g/mol. The van der Waals surface area contributed by atoms with Crippen LogP contribution in [0.5, 0.6) is 0 Å². The van der Waals surface area contributed by atoms with Gasteiger partial charge in [0.25, 0.3) is 0 Å². The van der Waals surface area contributed by atoms with E-state index in [9.17, 15) is 0 Å². The molecule has 0 N–H and O–H groups in total. The summed E-state index contributed by atoms with van der Waals surface area (Å²) in [6.07, 6.45) is 3.36. The van der Waals surface area contributed by atoms with E-state index < -0.39 is 0 Å². The van der Waals surface area contributed by atoms with Gasteiger partial charge in [0.1, 0.15) is 0 Å². The largest absolute Gasteiger partial charge is 0.309 e. The molecule has 50 heavy (non-hydrogen) atoms. The molecule has 0 amide bonds. The fourth-order valence-corrected chi connectivity index (χ4v) is 9.17. The summed E-state index contributed by atoms with van der Waals surface area (Å²) in [5.74, 6) is 0.530. The molecule has 1 unspecified atom stereocenters. The van der Waals surface area contributed by atoms with Gasteiger partial charge in [-0.15, -0.1) is 0 Å². The smallest absolute Gasteiger partial charge is 0.0544 e. The Bertz CT molecular complexity index is 2600. The van der Waals surface area contributed by atoms with Crippen molar-refractivity contribution >= 4 is 21.8 Å². The molecule has 0 bridgehead atoms. The molecule has 10 rings (SSSR count). The SMILES string of the molecule is CC1(C)c2ccccc2-c2cc3c4ccccc4n(-c4cccc(-c5ccc6c(c5)-c5ccccc5C(CCc5ccccc5)C6)c4)c3cc21. The van der Waals surface area contributed by atoms with Gasteiger partial charge in [-0.1, -0.05) is 135 Å². The van der Waals surface area contributed by atoms with Crippen molar-refractivity contribution in [3.8, 4) is 39.1 Å². The van der Waals surface area contributed by atoms with Gasteiger partial charge < -0.3 is 4.57 Å². The predicted molar refractivity (Wildman–Crippen MR) is 210 cm³/mol. The van der Waals surface area contributed by atoms with Crippen LogP contribution >= 0.6 is 0 Å². The Morgan fingerprint density at radius 2 is 1.30 bits per heavy atom. The zero-order chi connectivity index (χ0) is 33.4. The molecular formula is C49H39N. The summed E-state index contributed by atoms with van der Waals surface area (Å²) in [6.45, 7) is 4.74. The Kier molecular flexibility index (Phi) is 6.55. The van der Waals surface area contributed by atoms with E-state index in [4.69, 9.17) is 0 Å². The quantitative estimate of drug-likeness (QED) is 0.176. The molecule has 0 spiro atoms. The summed E-state index contributed by atoms with van der Waals surface area (Å²) >= 11 is 0. The number of hydrogen-bond acceptors (Lipinski definition) is 0.